The standard InChI is InChI=1S/C12H14ClFN2OS/c1-3-12(2,11(15)18)16-10(17)7-4-5-9(14)8(13)6-7/h4-6H,3H2,1-2H3,(H2,15,18)(H,16,17). The lowest BCUT2D eigenvalue weighted by Gasteiger charge is -2.28. The van der Waals surface area contributed by atoms with Crippen molar-refractivity contribution >= 4 is 34.7 Å². The van der Waals surface area contributed by atoms with Gasteiger partial charge < -0.3 is 11.1 Å². The van der Waals surface area contributed by atoms with Crippen molar-refractivity contribution < 1.29 is 9.18 Å². The van der Waals surface area contributed by atoms with Crippen LogP contribution < -0.4 is 11.1 Å². The van der Waals surface area contributed by atoms with Gasteiger partial charge in [-0.1, -0.05) is 30.7 Å². The number of nitrogens with one attached hydrogen (secondary N) is 1. The molecule has 0 saturated heterocycles. The molecule has 1 unspecified atom stereocenters. The number of hydrogen-bond acceptors (Lipinski definition) is 2. The Morgan fingerprint density at radius 1 is 1.61 bits per heavy atom. The molecule has 0 heterocycles. The van der Waals surface area contributed by atoms with Crippen LogP contribution in [0.1, 0.15) is 30.6 Å². The van der Waals surface area contributed by atoms with Crippen molar-refractivity contribution in [1.29, 1.82) is 0 Å². The summed E-state index contributed by atoms with van der Waals surface area (Å²) in [6, 6.07) is 3.76. The fourth-order valence-electron chi connectivity index (χ4n) is 1.28. The SMILES string of the molecule is CCC(C)(NC(=O)c1ccc(F)c(Cl)c1)C(N)=S. The number of nitrogens with two attached hydrogens (primary N) is 1. The molecule has 0 aromatic heterocycles. The number of amides is 1. The molecule has 0 fully saturated rings. The predicted molar refractivity (Wildman–Crippen MR) is 74.4 cm³/mol. The van der Waals surface area contributed by atoms with E-state index in [1.54, 1.807) is 6.92 Å². The molecule has 0 radical (unpaired) electrons. The average Bonchev–Trinajstić information content (AvgIpc) is 2.32. The van der Waals surface area contributed by atoms with Gasteiger partial charge in [0.1, 0.15) is 5.82 Å². The Balaban J connectivity index is 2.95. The number of hydrogen-bond donors (Lipinski definition) is 2. The lowest BCUT2D eigenvalue weighted by atomic mass is 9.98. The molecule has 3 nitrogen and oxygen atoms in total. The van der Waals surface area contributed by atoms with Crippen molar-refractivity contribution in [2.45, 2.75) is 25.8 Å². The van der Waals surface area contributed by atoms with E-state index in [-0.39, 0.29) is 15.6 Å². The molecule has 18 heavy (non-hydrogen) atoms. The quantitative estimate of drug-likeness (QED) is 0.838. The lowest BCUT2D eigenvalue weighted by Crippen LogP contribution is -2.54. The first kappa shape index (κ1) is 14.9. The highest BCUT2D eigenvalue weighted by molar-refractivity contribution is 7.80. The van der Waals surface area contributed by atoms with Crippen LogP contribution in [0.25, 0.3) is 0 Å². The van der Waals surface area contributed by atoms with Crippen LogP contribution in [0.2, 0.25) is 5.02 Å². The van der Waals surface area contributed by atoms with Gasteiger partial charge in [0.25, 0.3) is 5.91 Å². The van der Waals surface area contributed by atoms with E-state index in [0.717, 1.165) is 6.07 Å². The van der Waals surface area contributed by atoms with E-state index in [9.17, 15) is 9.18 Å². The molecule has 0 spiro atoms. The lowest BCUT2D eigenvalue weighted by molar-refractivity contribution is 0.0926. The number of benzene rings is 1. The van der Waals surface area contributed by atoms with Gasteiger partial charge in [0, 0.05) is 5.56 Å². The Morgan fingerprint density at radius 3 is 2.67 bits per heavy atom. The first-order valence-electron chi connectivity index (χ1n) is 5.37. The molecular weight excluding hydrogens is 275 g/mol. The molecule has 98 valence electrons. The van der Waals surface area contributed by atoms with Crippen LogP contribution in [0.3, 0.4) is 0 Å². The van der Waals surface area contributed by atoms with Gasteiger partial charge in [-0.05, 0) is 31.5 Å². The fourth-order valence-corrected chi connectivity index (χ4v) is 1.66. The molecule has 6 heteroatoms. The summed E-state index contributed by atoms with van der Waals surface area (Å²) >= 11 is 10.5. The monoisotopic (exact) mass is 288 g/mol. The van der Waals surface area contributed by atoms with Crippen LogP contribution in [-0.2, 0) is 0 Å². The Morgan fingerprint density at radius 2 is 2.22 bits per heavy atom. The summed E-state index contributed by atoms with van der Waals surface area (Å²) in [5.74, 6) is -0.963. The predicted octanol–water partition coefficient (Wildman–Crippen LogP) is 2.66. The molecule has 1 rings (SSSR count). The second-order valence-electron chi connectivity index (χ2n) is 4.13. The van der Waals surface area contributed by atoms with Crippen LogP contribution in [0.4, 0.5) is 4.39 Å². The van der Waals surface area contributed by atoms with Gasteiger partial charge >= 0.3 is 0 Å². The molecule has 0 bridgehead atoms. The van der Waals surface area contributed by atoms with Crippen molar-refractivity contribution in [3.8, 4) is 0 Å². The third-order valence-corrected chi connectivity index (χ3v) is 3.56. The topological polar surface area (TPSA) is 55.1 Å². The Bertz CT molecular complexity index is 495. The first-order chi connectivity index (χ1) is 8.30. The second-order valence-corrected chi connectivity index (χ2v) is 4.98. The minimum atomic E-state index is -0.771. The van der Waals surface area contributed by atoms with Crippen molar-refractivity contribution in [3.05, 3.63) is 34.6 Å². The smallest absolute Gasteiger partial charge is 0.252 e. The maximum atomic E-state index is 13.0. The molecular formula is C12H14ClFN2OS. The number of halogens is 2. The van der Waals surface area contributed by atoms with Crippen LogP contribution >= 0.6 is 23.8 Å². The number of carbonyl (C=O) groups is 1. The molecule has 0 aliphatic carbocycles. The third-order valence-electron chi connectivity index (χ3n) is 2.82. The van der Waals surface area contributed by atoms with E-state index in [0.29, 0.717) is 6.42 Å². The Labute approximate surface area is 115 Å². The van der Waals surface area contributed by atoms with Gasteiger partial charge in [0.2, 0.25) is 0 Å². The number of carbonyl (C=O) groups excluding carboxylic acids is 1. The second kappa shape index (κ2) is 5.63. The molecule has 1 aromatic rings. The maximum Gasteiger partial charge on any atom is 0.252 e. The molecule has 0 aliphatic rings. The van der Waals surface area contributed by atoms with Gasteiger partial charge in [-0.15, -0.1) is 0 Å². The molecule has 0 saturated carbocycles. The molecule has 1 atom stereocenters. The van der Waals surface area contributed by atoms with Crippen molar-refractivity contribution in [2.24, 2.45) is 5.73 Å². The van der Waals surface area contributed by atoms with Gasteiger partial charge in [-0.25, -0.2) is 4.39 Å². The van der Waals surface area contributed by atoms with E-state index >= 15 is 0 Å². The largest absolute Gasteiger partial charge is 0.391 e. The van der Waals surface area contributed by atoms with Crippen LogP contribution in [0.15, 0.2) is 18.2 Å². The summed E-state index contributed by atoms with van der Waals surface area (Å²) in [5.41, 5.74) is 5.08. The maximum absolute atomic E-state index is 13.0. The average molecular weight is 289 g/mol. The Kier molecular flexibility index (Phi) is 4.65. The zero-order valence-electron chi connectivity index (χ0n) is 10.1. The molecule has 1 aromatic carbocycles. The zero-order chi connectivity index (χ0) is 13.9. The minimum absolute atomic E-state index is 0.101. The van der Waals surface area contributed by atoms with E-state index in [1.165, 1.54) is 12.1 Å². The molecule has 0 aliphatic heterocycles. The van der Waals surface area contributed by atoms with E-state index in [4.69, 9.17) is 29.6 Å². The fraction of sp³-hybridized carbons (Fsp3) is 0.333. The highest BCUT2D eigenvalue weighted by Crippen LogP contribution is 2.17. The number of rotatable bonds is 4. The van der Waals surface area contributed by atoms with E-state index in [2.05, 4.69) is 5.32 Å². The van der Waals surface area contributed by atoms with Crippen LogP contribution in [0, 0.1) is 5.82 Å². The zero-order valence-corrected chi connectivity index (χ0v) is 11.7. The molecule has 3 N–H and O–H groups in total. The molecule has 1 amide bonds. The van der Waals surface area contributed by atoms with Gasteiger partial charge in [0.05, 0.1) is 15.6 Å². The van der Waals surface area contributed by atoms with Crippen molar-refractivity contribution in [3.63, 3.8) is 0 Å². The highest BCUT2D eigenvalue weighted by Gasteiger charge is 2.28. The van der Waals surface area contributed by atoms with Gasteiger partial charge in [0.15, 0.2) is 0 Å². The minimum Gasteiger partial charge on any atom is -0.391 e. The van der Waals surface area contributed by atoms with E-state index in [1.807, 2.05) is 6.92 Å². The summed E-state index contributed by atoms with van der Waals surface area (Å²) in [6.45, 7) is 3.59. The van der Waals surface area contributed by atoms with Crippen molar-refractivity contribution in [1.82, 2.24) is 5.32 Å². The summed E-state index contributed by atoms with van der Waals surface area (Å²) < 4.78 is 13.0. The highest BCUT2D eigenvalue weighted by atomic mass is 35.5. The van der Waals surface area contributed by atoms with Crippen LogP contribution in [-0.4, -0.2) is 16.4 Å². The summed E-state index contributed by atoms with van der Waals surface area (Å²) in [5, 5.41) is 2.62. The Hall–Kier alpha value is -1.20. The van der Waals surface area contributed by atoms with Crippen molar-refractivity contribution in [2.75, 3.05) is 0 Å². The van der Waals surface area contributed by atoms with Gasteiger partial charge in [-0.3, -0.25) is 4.79 Å². The summed E-state index contributed by atoms with van der Waals surface area (Å²) in [4.78, 5) is 12.2. The number of thiocarbonyl (C=S) groups is 1. The van der Waals surface area contributed by atoms with E-state index < -0.39 is 17.3 Å². The first-order valence-corrected chi connectivity index (χ1v) is 6.16. The third kappa shape index (κ3) is 3.17. The summed E-state index contributed by atoms with van der Waals surface area (Å²) in [7, 11) is 0. The van der Waals surface area contributed by atoms with Gasteiger partial charge in [-0.2, -0.15) is 0 Å². The van der Waals surface area contributed by atoms with Crippen LogP contribution in [0.5, 0.6) is 0 Å². The normalized spacial score (nSPS) is 13.8. The summed E-state index contributed by atoms with van der Waals surface area (Å²) in [6.07, 6.45) is 0.559.